The van der Waals surface area contributed by atoms with E-state index in [1.54, 1.807) is 0 Å². The summed E-state index contributed by atoms with van der Waals surface area (Å²) in [7, 11) is -4.64. The van der Waals surface area contributed by atoms with Crippen LogP contribution in [0.5, 0.6) is 0 Å². The van der Waals surface area contributed by atoms with Crippen molar-refractivity contribution >= 4 is 19.8 Å². The molecule has 0 bridgehead atoms. The molecule has 0 saturated carbocycles. The van der Waals surface area contributed by atoms with Crippen molar-refractivity contribution in [3.8, 4) is 0 Å². The van der Waals surface area contributed by atoms with Gasteiger partial charge in [0, 0.05) is 13.0 Å². The van der Waals surface area contributed by atoms with Gasteiger partial charge in [0.05, 0.1) is 19.8 Å². The van der Waals surface area contributed by atoms with E-state index in [4.69, 9.17) is 29.4 Å². The van der Waals surface area contributed by atoms with Crippen molar-refractivity contribution in [2.75, 3.05) is 26.4 Å². The van der Waals surface area contributed by atoms with Gasteiger partial charge < -0.3 is 25.2 Å². The molecule has 3 atom stereocenters. The highest BCUT2D eigenvalue weighted by molar-refractivity contribution is 7.47. The van der Waals surface area contributed by atoms with Crippen molar-refractivity contribution in [2.24, 2.45) is 5.73 Å². The van der Waals surface area contributed by atoms with Gasteiger partial charge in [0.2, 0.25) is 0 Å². The SMILES string of the molecule is CC/C=C\C/C=C\C/C=C\C/C=C\C/C=C\C/C=C\CCCCCOCC(COP(=O)(O)OCC(N)C(=O)O)OC(=O)CCCCCCCC/C=C\C/C=C\C/C=C\C/C=C\CC. The Balaban J connectivity index is 4.34. The van der Waals surface area contributed by atoms with Crippen LogP contribution in [0.2, 0.25) is 0 Å². The number of hydrogen-bond acceptors (Lipinski definition) is 8. The third kappa shape index (κ3) is 46.2. The number of aliphatic carboxylic acids is 1. The molecule has 11 heteroatoms. The molecule has 3 unspecified atom stereocenters. The predicted molar refractivity (Wildman–Crippen MR) is 262 cm³/mol. The fourth-order valence-corrected chi connectivity index (χ4v) is 6.43. The zero-order chi connectivity index (χ0) is 46.2. The Kier molecular flexibility index (Phi) is 43.7. The van der Waals surface area contributed by atoms with Gasteiger partial charge in [-0.15, -0.1) is 0 Å². The van der Waals surface area contributed by atoms with Crippen LogP contribution in [0.15, 0.2) is 122 Å². The summed E-state index contributed by atoms with van der Waals surface area (Å²) < 4.78 is 33.4. The lowest BCUT2D eigenvalue weighted by Crippen LogP contribution is -2.34. The summed E-state index contributed by atoms with van der Waals surface area (Å²) in [5.74, 6) is -1.82. The fraction of sp³-hybridized carbons (Fsp3) is 0.577. The summed E-state index contributed by atoms with van der Waals surface area (Å²) in [4.78, 5) is 33.6. The third-order valence-corrected chi connectivity index (χ3v) is 10.2. The smallest absolute Gasteiger partial charge is 0.472 e. The molecule has 63 heavy (non-hydrogen) atoms. The first-order valence-corrected chi connectivity index (χ1v) is 25.1. The first-order chi connectivity index (χ1) is 30.7. The van der Waals surface area contributed by atoms with Gasteiger partial charge in [0.1, 0.15) is 12.1 Å². The van der Waals surface area contributed by atoms with Crippen LogP contribution >= 0.6 is 7.82 Å². The van der Waals surface area contributed by atoms with E-state index in [-0.39, 0.29) is 13.0 Å². The molecule has 0 radical (unpaired) electrons. The van der Waals surface area contributed by atoms with Gasteiger partial charge in [0.15, 0.2) is 0 Å². The van der Waals surface area contributed by atoms with Crippen LogP contribution in [0.3, 0.4) is 0 Å². The molecule has 4 N–H and O–H groups in total. The molecule has 0 fully saturated rings. The van der Waals surface area contributed by atoms with E-state index in [0.717, 1.165) is 128 Å². The fourth-order valence-electron chi connectivity index (χ4n) is 5.66. The van der Waals surface area contributed by atoms with Gasteiger partial charge in [-0.2, -0.15) is 0 Å². The lowest BCUT2D eigenvalue weighted by molar-refractivity contribution is -0.154. The van der Waals surface area contributed by atoms with Crippen molar-refractivity contribution in [3.63, 3.8) is 0 Å². The molecular weight excluding hydrogens is 814 g/mol. The van der Waals surface area contributed by atoms with E-state index in [9.17, 15) is 19.0 Å². The summed E-state index contributed by atoms with van der Waals surface area (Å²) in [6.45, 7) is 3.53. The Morgan fingerprint density at radius 3 is 1.30 bits per heavy atom. The van der Waals surface area contributed by atoms with Crippen LogP contribution in [-0.4, -0.2) is 60.5 Å². The molecule has 0 saturated heterocycles. The highest BCUT2D eigenvalue weighted by Gasteiger charge is 2.27. The Morgan fingerprint density at radius 1 is 0.508 bits per heavy atom. The molecule has 0 aliphatic carbocycles. The number of carbonyl (C=O) groups is 2. The number of rotatable bonds is 43. The minimum atomic E-state index is -4.64. The Bertz CT molecular complexity index is 1460. The normalized spacial score (nSPS) is 14.9. The summed E-state index contributed by atoms with van der Waals surface area (Å²) in [6.07, 6.45) is 63.9. The summed E-state index contributed by atoms with van der Waals surface area (Å²) >= 11 is 0. The average molecular weight is 898 g/mol. The topological polar surface area (TPSA) is 155 Å². The van der Waals surface area contributed by atoms with E-state index < -0.39 is 45.1 Å². The molecule has 0 rings (SSSR count). The number of carboxylic acids is 1. The molecule has 356 valence electrons. The quantitative estimate of drug-likeness (QED) is 0.0233. The van der Waals surface area contributed by atoms with Crippen molar-refractivity contribution in [1.29, 1.82) is 0 Å². The maximum Gasteiger partial charge on any atom is 0.472 e. The number of allylic oxidation sites excluding steroid dienone is 20. The minimum Gasteiger partial charge on any atom is -0.480 e. The van der Waals surface area contributed by atoms with Crippen LogP contribution in [0, 0.1) is 0 Å². The van der Waals surface area contributed by atoms with E-state index >= 15 is 0 Å². The summed E-state index contributed by atoms with van der Waals surface area (Å²) in [5, 5.41) is 8.92. The van der Waals surface area contributed by atoms with Crippen LogP contribution in [-0.2, 0) is 32.7 Å². The number of ether oxygens (including phenoxy) is 2. The third-order valence-electron chi connectivity index (χ3n) is 9.24. The molecule has 0 heterocycles. The first-order valence-electron chi connectivity index (χ1n) is 23.6. The van der Waals surface area contributed by atoms with E-state index in [2.05, 4.69) is 135 Å². The van der Waals surface area contributed by atoms with Crippen molar-refractivity contribution < 1.29 is 42.7 Å². The van der Waals surface area contributed by atoms with Crippen LogP contribution in [0.25, 0.3) is 0 Å². The molecule has 10 nitrogen and oxygen atoms in total. The molecule has 0 aromatic heterocycles. The highest BCUT2D eigenvalue weighted by atomic mass is 31.2. The first kappa shape index (κ1) is 59.4. The largest absolute Gasteiger partial charge is 0.480 e. The number of unbranched alkanes of at least 4 members (excludes halogenated alkanes) is 9. The van der Waals surface area contributed by atoms with Gasteiger partial charge in [0.25, 0.3) is 0 Å². The molecule has 0 aromatic rings. The van der Waals surface area contributed by atoms with Gasteiger partial charge >= 0.3 is 19.8 Å². The number of phosphoric acid groups is 1. The molecule has 0 aliphatic heterocycles. The average Bonchev–Trinajstić information content (AvgIpc) is 3.26. The Hall–Kier alpha value is -3.63. The van der Waals surface area contributed by atoms with Crippen LogP contribution < -0.4 is 5.73 Å². The van der Waals surface area contributed by atoms with Gasteiger partial charge in [-0.25, -0.2) is 4.57 Å². The van der Waals surface area contributed by atoms with Crippen LogP contribution in [0.1, 0.15) is 155 Å². The van der Waals surface area contributed by atoms with Crippen molar-refractivity contribution in [1.82, 2.24) is 0 Å². The van der Waals surface area contributed by atoms with E-state index in [0.29, 0.717) is 13.0 Å². The highest BCUT2D eigenvalue weighted by Crippen LogP contribution is 2.43. The maximum atomic E-state index is 12.7. The maximum absolute atomic E-state index is 12.7. The second-order valence-electron chi connectivity index (χ2n) is 15.1. The summed E-state index contributed by atoms with van der Waals surface area (Å²) in [6, 6.07) is -1.49. The zero-order valence-electron chi connectivity index (χ0n) is 38.9. The number of phosphoric ester groups is 1. The van der Waals surface area contributed by atoms with Gasteiger partial charge in [-0.3, -0.25) is 18.6 Å². The van der Waals surface area contributed by atoms with E-state index in [1.165, 1.54) is 0 Å². The number of hydrogen-bond donors (Lipinski definition) is 3. The molecule has 0 amide bonds. The van der Waals surface area contributed by atoms with Gasteiger partial charge in [-0.1, -0.05) is 167 Å². The lowest BCUT2D eigenvalue weighted by atomic mass is 10.1. The molecular formula is C52H84NO9P. The van der Waals surface area contributed by atoms with Gasteiger partial charge in [-0.05, 0) is 103 Å². The Morgan fingerprint density at radius 2 is 0.873 bits per heavy atom. The monoisotopic (exact) mass is 898 g/mol. The number of carbonyl (C=O) groups excluding carboxylic acids is 1. The standard InChI is InChI=1S/C52H84NO9P/c1-3-5-7-9-11-13-15-17-19-21-23-24-25-27-29-31-33-35-37-39-41-43-45-59-46-49(47-60-63(57,58)61-48-50(53)52(55)56)62-51(54)44-42-40-38-36-34-32-30-28-26-22-20-18-16-14-12-10-8-6-4-2/h5-8,11-14,17-20,23-24,26-29,33,35,49-50H,3-4,9-10,15-16,21-22,25,30-32,34,36-48,53H2,1-2H3,(H,55,56)(H,57,58)/b7-5-,8-6-,13-11-,14-12-,19-17-,20-18-,24-23-,28-26-,29-27-,35-33-. The predicted octanol–water partition coefficient (Wildman–Crippen LogP) is 13.6. The van der Waals surface area contributed by atoms with Crippen LogP contribution in [0.4, 0.5) is 0 Å². The van der Waals surface area contributed by atoms with Crippen molar-refractivity contribution in [3.05, 3.63) is 122 Å². The summed E-state index contributed by atoms with van der Waals surface area (Å²) in [5.41, 5.74) is 5.36. The zero-order valence-corrected chi connectivity index (χ0v) is 39.8. The second-order valence-corrected chi connectivity index (χ2v) is 16.6. The number of esters is 1. The molecule has 0 aliphatic rings. The number of carboxylic acid groups (broad SMARTS) is 1. The number of nitrogens with two attached hydrogens (primary N) is 1. The Labute approximate surface area is 382 Å². The van der Waals surface area contributed by atoms with Crippen molar-refractivity contribution in [2.45, 2.75) is 167 Å². The molecule has 0 aromatic carbocycles. The van der Waals surface area contributed by atoms with E-state index in [1.807, 2.05) is 0 Å². The second kappa shape index (κ2) is 46.4. The minimum absolute atomic E-state index is 0.0210. The lowest BCUT2D eigenvalue weighted by Gasteiger charge is -2.20. The molecule has 0 spiro atoms.